The maximum Gasteiger partial charge on any atom is 0.325 e. The number of carbonyl (C=O) groups is 1. The minimum atomic E-state index is -0.657. The first kappa shape index (κ1) is 20.9. The zero-order chi connectivity index (χ0) is 20.8. The number of piperidine rings is 1. The van der Waals surface area contributed by atoms with E-state index in [1.165, 1.54) is 11.8 Å². The Balaban J connectivity index is 1.52. The molecule has 8 nitrogen and oxygen atoms in total. The number of hydrogen-bond donors (Lipinski definition) is 2. The molecule has 8 heteroatoms. The van der Waals surface area contributed by atoms with Crippen LogP contribution in [-0.2, 0) is 6.42 Å². The number of nitrogens with one attached hydrogen (secondary N) is 2. The van der Waals surface area contributed by atoms with Crippen molar-refractivity contribution >= 4 is 5.91 Å². The average molecular weight is 400 g/mol. The van der Waals surface area contributed by atoms with Gasteiger partial charge in [-0.2, -0.15) is 0 Å². The van der Waals surface area contributed by atoms with Crippen LogP contribution in [0.3, 0.4) is 0 Å². The third kappa shape index (κ3) is 5.57. The van der Waals surface area contributed by atoms with E-state index in [1.54, 1.807) is 19.1 Å². The molecule has 1 atom stereocenters. The van der Waals surface area contributed by atoms with Crippen molar-refractivity contribution in [2.24, 2.45) is 5.92 Å². The molecule has 1 amide bonds. The van der Waals surface area contributed by atoms with Crippen molar-refractivity contribution in [1.82, 2.24) is 19.8 Å². The quantitative estimate of drug-likeness (QED) is 0.725. The van der Waals surface area contributed by atoms with E-state index < -0.39 is 11.2 Å². The smallest absolute Gasteiger partial charge is 0.325 e. The number of H-pyrrole nitrogens is 2. The van der Waals surface area contributed by atoms with Gasteiger partial charge in [-0.15, -0.1) is 0 Å². The number of carbonyl (C=O) groups excluding carboxylic acids is 1. The predicted octanol–water partition coefficient (Wildman–Crippen LogP) is 1.10. The van der Waals surface area contributed by atoms with Gasteiger partial charge in [-0.05, 0) is 49.4 Å². The molecule has 1 saturated heterocycles. The van der Waals surface area contributed by atoms with Gasteiger partial charge in [-0.1, -0.05) is 12.1 Å². The molecule has 29 heavy (non-hydrogen) atoms. The molecule has 1 aliphatic heterocycles. The molecule has 0 aliphatic carbocycles. The summed E-state index contributed by atoms with van der Waals surface area (Å²) in [5.74, 6) is 0.842. The molecule has 0 spiro atoms. The van der Waals surface area contributed by atoms with Gasteiger partial charge in [-0.3, -0.25) is 14.6 Å². The number of aromatic nitrogens is 2. The fourth-order valence-corrected chi connectivity index (χ4v) is 3.83. The summed E-state index contributed by atoms with van der Waals surface area (Å²) in [6.07, 6.45) is 4.30. The lowest BCUT2D eigenvalue weighted by atomic mass is 9.97. The van der Waals surface area contributed by atoms with Crippen molar-refractivity contribution in [3.8, 4) is 5.75 Å². The van der Waals surface area contributed by atoms with Crippen LogP contribution in [0.15, 0.2) is 40.1 Å². The van der Waals surface area contributed by atoms with Gasteiger partial charge in [0.2, 0.25) is 0 Å². The minimum absolute atomic E-state index is 0.0423. The largest absolute Gasteiger partial charge is 0.497 e. The Hall–Kier alpha value is -2.87. The van der Waals surface area contributed by atoms with E-state index in [1.807, 2.05) is 12.1 Å². The minimum Gasteiger partial charge on any atom is -0.497 e. The van der Waals surface area contributed by atoms with Crippen LogP contribution in [0.4, 0.5) is 0 Å². The van der Waals surface area contributed by atoms with Crippen molar-refractivity contribution in [1.29, 1.82) is 0 Å². The highest BCUT2D eigenvalue weighted by Gasteiger charge is 2.24. The van der Waals surface area contributed by atoms with Crippen LogP contribution in [0.2, 0.25) is 0 Å². The Morgan fingerprint density at radius 3 is 2.72 bits per heavy atom. The number of methoxy groups -OCH3 is 1. The van der Waals surface area contributed by atoms with E-state index in [0.29, 0.717) is 12.5 Å². The summed E-state index contributed by atoms with van der Waals surface area (Å²) in [5, 5.41) is 0. The van der Waals surface area contributed by atoms with E-state index in [4.69, 9.17) is 4.74 Å². The van der Waals surface area contributed by atoms with E-state index in [2.05, 4.69) is 27.0 Å². The van der Waals surface area contributed by atoms with Crippen LogP contribution in [0.25, 0.3) is 0 Å². The molecule has 0 saturated carbocycles. The number of nitrogens with zero attached hydrogens (tertiary/aromatic N) is 2. The molecule has 2 N–H and O–H groups in total. The molecule has 1 fully saturated rings. The molecule has 1 aromatic heterocycles. The van der Waals surface area contributed by atoms with Gasteiger partial charge in [0, 0.05) is 32.9 Å². The topological polar surface area (TPSA) is 98.5 Å². The fraction of sp³-hybridized carbons (Fsp3) is 0.476. The summed E-state index contributed by atoms with van der Waals surface area (Å²) >= 11 is 0. The van der Waals surface area contributed by atoms with E-state index in [0.717, 1.165) is 44.6 Å². The second kappa shape index (κ2) is 9.56. The first-order valence-electron chi connectivity index (χ1n) is 9.89. The normalized spacial score (nSPS) is 17.1. The molecule has 3 rings (SSSR count). The summed E-state index contributed by atoms with van der Waals surface area (Å²) in [4.78, 5) is 44.0. The second-order valence-corrected chi connectivity index (χ2v) is 7.58. The van der Waals surface area contributed by atoms with Crippen LogP contribution in [0, 0.1) is 5.92 Å². The van der Waals surface area contributed by atoms with Gasteiger partial charge in [0.1, 0.15) is 11.3 Å². The third-order valence-electron chi connectivity index (χ3n) is 5.41. The molecule has 2 heterocycles. The zero-order valence-electron chi connectivity index (χ0n) is 16.9. The number of rotatable bonds is 7. The summed E-state index contributed by atoms with van der Waals surface area (Å²) in [5.41, 5.74) is -0.0406. The first-order chi connectivity index (χ1) is 14.0. The predicted molar refractivity (Wildman–Crippen MR) is 111 cm³/mol. The molecule has 0 radical (unpaired) electrons. The first-order valence-corrected chi connectivity index (χ1v) is 9.89. The number of aromatic amines is 2. The van der Waals surface area contributed by atoms with Crippen LogP contribution < -0.4 is 16.0 Å². The van der Waals surface area contributed by atoms with Crippen LogP contribution >= 0.6 is 0 Å². The van der Waals surface area contributed by atoms with Gasteiger partial charge in [-0.25, -0.2) is 4.79 Å². The van der Waals surface area contributed by atoms with Crippen molar-refractivity contribution in [2.75, 3.05) is 40.3 Å². The Kier molecular flexibility index (Phi) is 6.87. The Bertz CT molecular complexity index is 935. The monoisotopic (exact) mass is 400 g/mol. The maximum absolute atomic E-state index is 12.6. The van der Waals surface area contributed by atoms with Gasteiger partial charge in [0.15, 0.2) is 0 Å². The van der Waals surface area contributed by atoms with Crippen molar-refractivity contribution < 1.29 is 9.53 Å². The summed E-state index contributed by atoms with van der Waals surface area (Å²) in [6, 6.07) is 8.14. The molecule has 0 unspecified atom stereocenters. The second-order valence-electron chi connectivity index (χ2n) is 7.58. The number of hydrogen-bond acceptors (Lipinski definition) is 5. The fourth-order valence-electron chi connectivity index (χ4n) is 3.83. The SMILES string of the molecule is COc1ccc(CCN2CCC[C@@H](CN(C)C(=O)c3c[nH]c(=O)[nH]c3=O)C2)cc1. The van der Waals surface area contributed by atoms with E-state index in [-0.39, 0.29) is 11.5 Å². The van der Waals surface area contributed by atoms with Crippen molar-refractivity contribution in [3.63, 3.8) is 0 Å². The molecule has 1 aromatic carbocycles. The van der Waals surface area contributed by atoms with Crippen LogP contribution in [0.1, 0.15) is 28.8 Å². The maximum atomic E-state index is 12.6. The molecule has 2 aromatic rings. The lowest BCUT2D eigenvalue weighted by molar-refractivity contribution is 0.0728. The third-order valence-corrected chi connectivity index (χ3v) is 5.41. The number of likely N-dealkylation sites (tertiary alicyclic amines) is 1. The number of amides is 1. The molecule has 156 valence electrons. The highest BCUT2D eigenvalue weighted by atomic mass is 16.5. The van der Waals surface area contributed by atoms with Crippen LogP contribution in [0.5, 0.6) is 5.75 Å². The lowest BCUT2D eigenvalue weighted by Crippen LogP contribution is -2.43. The molecule has 1 aliphatic rings. The van der Waals surface area contributed by atoms with Crippen LogP contribution in [-0.4, -0.2) is 66.0 Å². The van der Waals surface area contributed by atoms with Gasteiger partial charge in [0.05, 0.1) is 7.11 Å². The summed E-state index contributed by atoms with van der Waals surface area (Å²) < 4.78 is 5.20. The summed E-state index contributed by atoms with van der Waals surface area (Å²) in [7, 11) is 3.36. The highest BCUT2D eigenvalue weighted by Crippen LogP contribution is 2.19. The number of ether oxygens (including phenoxy) is 1. The van der Waals surface area contributed by atoms with Crippen molar-refractivity contribution in [2.45, 2.75) is 19.3 Å². The molecular formula is C21H28N4O4. The Labute approximate surface area is 169 Å². The zero-order valence-corrected chi connectivity index (χ0v) is 16.9. The standard InChI is InChI=1S/C21H28N4O4/c1-24(20(27)18-12-22-21(28)23-19(18)26)13-16-4-3-10-25(14-16)11-9-15-5-7-17(29-2)8-6-15/h5-8,12,16H,3-4,9-11,13-14H2,1-2H3,(H2,22,23,26,28)/t16-/m0/s1. The van der Waals surface area contributed by atoms with Gasteiger partial charge in [0.25, 0.3) is 11.5 Å². The summed E-state index contributed by atoms with van der Waals surface area (Å²) in [6.45, 7) is 3.54. The van der Waals surface area contributed by atoms with Gasteiger partial charge >= 0.3 is 5.69 Å². The lowest BCUT2D eigenvalue weighted by Gasteiger charge is -2.34. The Morgan fingerprint density at radius 1 is 1.28 bits per heavy atom. The van der Waals surface area contributed by atoms with Crippen molar-refractivity contribution in [3.05, 3.63) is 62.4 Å². The highest BCUT2D eigenvalue weighted by molar-refractivity contribution is 5.93. The molecular weight excluding hydrogens is 372 g/mol. The molecule has 0 bridgehead atoms. The van der Waals surface area contributed by atoms with E-state index >= 15 is 0 Å². The van der Waals surface area contributed by atoms with E-state index in [9.17, 15) is 14.4 Å². The number of benzene rings is 1. The average Bonchev–Trinajstić information content (AvgIpc) is 2.72. The van der Waals surface area contributed by atoms with Gasteiger partial charge < -0.3 is 19.5 Å². The Morgan fingerprint density at radius 2 is 2.03 bits per heavy atom.